The lowest BCUT2D eigenvalue weighted by atomic mass is 9.99. The zero-order valence-electron chi connectivity index (χ0n) is 12.2. The fourth-order valence-electron chi connectivity index (χ4n) is 2.90. The molecule has 6 heteroatoms. The smallest absolute Gasteiger partial charge is 0.317 e. The molecule has 2 aliphatic rings. The lowest BCUT2D eigenvalue weighted by molar-refractivity contribution is -0.143. The van der Waals surface area contributed by atoms with Crippen molar-refractivity contribution in [2.24, 2.45) is 5.92 Å². The molecule has 114 valence electrons. The zero-order chi connectivity index (χ0) is 14.8. The summed E-state index contributed by atoms with van der Waals surface area (Å²) in [7, 11) is 0. The van der Waals surface area contributed by atoms with Crippen LogP contribution in [0.4, 0.5) is 4.79 Å². The second-order valence-corrected chi connectivity index (χ2v) is 6.35. The average Bonchev–Trinajstić information content (AvgIpc) is 2.75. The van der Waals surface area contributed by atoms with E-state index in [0.29, 0.717) is 26.1 Å². The molecule has 2 rings (SSSR count). The minimum absolute atomic E-state index is 0.0639. The molecule has 0 bridgehead atoms. The van der Waals surface area contributed by atoms with E-state index in [2.05, 4.69) is 19.2 Å². The van der Waals surface area contributed by atoms with Crippen LogP contribution in [0.1, 0.15) is 39.5 Å². The Morgan fingerprint density at radius 1 is 1.40 bits per heavy atom. The third-order valence-electron chi connectivity index (χ3n) is 4.09. The van der Waals surface area contributed by atoms with Gasteiger partial charge in [-0.25, -0.2) is 4.79 Å². The van der Waals surface area contributed by atoms with E-state index in [1.165, 1.54) is 0 Å². The SMILES string of the molecule is CC1(C)CCC(CNC(=O)N2CCCC(C(=O)O)C2)O1. The fraction of sp³-hybridized carbons (Fsp3) is 0.857. The number of hydrogen-bond acceptors (Lipinski definition) is 3. The third-order valence-corrected chi connectivity index (χ3v) is 4.09. The molecule has 0 aliphatic carbocycles. The molecule has 2 heterocycles. The molecule has 20 heavy (non-hydrogen) atoms. The molecule has 0 aromatic carbocycles. The molecule has 2 unspecified atom stereocenters. The molecule has 2 atom stereocenters. The Morgan fingerprint density at radius 3 is 2.75 bits per heavy atom. The van der Waals surface area contributed by atoms with Gasteiger partial charge >= 0.3 is 12.0 Å². The van der Waals surface area contributed by atoms with Gasteiger partial charge in [0.05, 0.1) is 17.6 Å². The van der Waals surface area contributed by atoms with E-state index in [4.69, 9.17) is 9.84 Å². The van der Waals surface area contributed by atoms with Gasteiger partial charge in [-0.3, -0.25) is 4.79 Å². The van der Waals surface area contributed by atoms with Gasteiger partial charge in [0.1, 0.15) is 0 Å². The van der Waals surface area contributed by atoms with Gasteiger partial charge in [0, 0.05) is 19.6 Å². The Bertz CT molecular complexity index is 383. The molecule has 2 N–H and O–H groups in total. The second-order valence-electron chi connectivity index (χ2n) is 6.35. The van der Waals surface area contributed by atoms with Crippen molar-refractivity contribution < 1.29 is 19.4 Å². The molecule has 2 fully saturated rings. The van der Waals surface area contributed by atoms with Crippen LogP contribution >= 0.6 is 0 Å². The summed E-state index contributed by atoms with van der Waals surface area (Å²) in [4.78, 5) is 24.6. The number of piperidine rings is 1. The summed E-state index contributed by atoms with van der Waals surface area (Å²) >= 11 is 0. The van der Waals surface area contributed by atoms with Crippen LogP contribution in [-0.2, 0) is 9.53 Å². The number of ether oxygens (including phenoxy) is 1. The van der Waals surface area contributed by atoms with Gasteiger partial charge in [-0.1, -0.05) is 0 Å². The van der Waals surface area contributed by atoms with Crippen molar-refractivity contribution in [2.75, 3.05) is 19.6 Å². The first-order chi connectivity index (χ1) is 9.37. The highest BCUT2D eigenvalue weighted by Crippen LogP contribution is 2.28. The van der Waals surface area contributed by atoms with Crippen LogP contribution in [0, 0.1) is 5.92 Å². The van der Waals surface area contributed by atoms with Crippen LogP contribution in [0.25, 0.3) is 0 Å². The van der Waals surface area contributed by atoms with Crippen LogP contribution in [0.5, 0.6) is 0 Å². The maximum absolute atomic E-state index is 12.1. The van der Waals surface area contributed by atoms with E-state index >= 15 is 0 Å². The summed E-state index contributed by atoms with van der Waals surface area (Å²) in [6.45, 7) is 5.54. The maximum atomic E-state index is 12.1. The Kier molecular flexibility index (Phi) is 4.52. The number of hydrogen-bond donors (Lipinski definition) is 2. The summed E-state index contributed by atoms with van der Waals surface area (Å²) < 4.78 is 5.82. The number of rotatable bonds is 3. The normalized spacial score (nSPS) is 29.2. The monoisotopic (exact) mass is 284 g/mol. The van der Waals surface area contributed by atoms with Crippen molar-refractivity contribution in [1.29, 1.82) is 0 Å². The molecular formula is C14H24N2O4. The standard InChI is InChI=1S/C14H24N2O4/c1-14(2)6-5-11(20-14)8-15-13(19)16-7-3-4-10(9-16)12(17)18/h10-11H,3-9H2,1-2H3,(H,15,19)(H,17,18). The Labute approximate surface area is 119 Å². The van der Waals surface area contributed by atoms with E-state index in [0.717, 1.165) is 19.3 Å². The van der Waals surface area contributed by atoms with Gasteiger partial charge < -0.3 is 20.1 Å². The first kappa shape index (κ1) is 15.1. The Morgan fingerprint density at radius 2 is 2.15 bits per heavy atom. The van der Waals surface area contributed by atoms with Crippen molar-refractivity contribution in [3.05, 3.63) is 0 Å². The number of nitrogens with one attached hydrogen (secondary N) is 1. The van der Waals surface area contributed by atoms with Crippen molar-refractivity contribution in [2.45, 2.75) is 51.2 Å². The molecule has 2 saturated heterocycles. The average molecular weight is 284 g/mol. The van der Waals surface area contributed by atoms with Crippen LogP contribution in [0.2, 0.25) is 0 Å². The maximum Gasteiger partial charge on any atom is 0.317 e. The molecule has 6 nitrogen and oxygen atoms in total. The number of carboxylic acids is 1. The van der Waals surface area contributed by atoms with Crippen LogP contribution in [0.3, 0.4) is 0 Å². The molecule has 2 aliphatic heterocycles. The largest absolute Gasteiger partial charge is 0.481 e. The highest BCUT2D eigenvalue weighted by molar-refractivity contribution is 5.76. The first-order valence-electron chi connectivity index (χ1n) is 7.31. The lowest BCUT2D eigenvalue weighted by Gasteiger charge is -2.31. The van der Waals surface area contributed by atoms with Gasteiger partial charge in [0.15, 0.2) is 0 Å². The minimum Gasteiger partial charge on any atom is -0.481 e. The predicted molar refractivity (Wildman–Crippen MR) is 73.5 cm³/mol. The van der Waals surface area contributed by atoms with Gasteiger partial charge in [0.2, 0.25) is 0 Å². The number of carbonyl (C=O) groups excluding carboxylic acids is 1. The van der Waals surface area contributed by atoms with Crippen molar-refractivity contribution >= 4 is 12.0 Å². The van der Waals surface area contributed by atoms with Gasteiger partial charge in [-0.05, 0) is 39.5 Å². The van der Waals surface area contributed by atoms with Crippen molar-refractivity contribution in [1.82, 2.24) is 10.2 Å². The number of amides is 2. The van der Waals surface area contributed by atoms with E-state index in [-0.39, 0.29) is 17.7 Å². The summed E-state index contributed by atoms with van der Waals surface area (Å²) in [6, 6.07) is -0.177. The van der Waals surface area contributed by atoms with E-state index < -0.39 is 11.9 Å². The molecule has 0 aromatic rings. The van der Waals surface area contributed by atoms with E-state index in [1.807, 2.05) is 0 Å². The Hall–Kier alpha value is -1.30. The Balaban J connectivity index is 1.76. The van der Waals surface area contributed by atoms with Gasteiger partial charge in [-0.15, -0.1) is 0 Å². The molecule has 2 amide bonds. The molecule has 0 saturated carbocycles. The summed E-state index contributed by atoms with van der Waals surface area (Å²) in [5, 5.41) is 11.9. The molecule has 0 radical (unpaired) electrons. The fourth-order valence-corrected chi connectivity index (χ4v) is 2.90. The third kappa shape index (κ3) is 3.85. The lowest BCUT2D eigenvalue weighted by Crippen LogP contribution is -2.48. The summed E-state index contributed by atoms with van der Waals surface area (Å²) in [5.74, 6) is -1.25. The number of carbonyl (C=O) groups is 2. The molecule has 0 spiro atoms. The quantitative estimate of drug-likeness (QED) is 0.822. The minimum atomic E-state index is -0.816. The molecule has 0 aromatic heterocycles. The topological polar surface area (TPSA) is 78.9 Å². The van der Waals surface area contributed by atoms with E-state index in [9.17, 15) is 9.59 Å². The van der Waals surface area contributed by atoms with Crippen LogP contribution < -0.4 is 5.32 Å². The highest BCUT2D eigenvalue weighted by atomic mass is 16.5. The van der Waals surface area contributed by atoms with Crippen molar-refractivity contribution in [3.63, 3.8) is 0 Å². The number of urea groups is 1. The number of carboxylic acid groups (broad SMARTS) is 1. The molecular weight excluding hydrogens is 260 g/mol. The number of nitrogens with zero attached hydrogens (tertiary/aromatic N) is 1. The number of likely N-dealkylation sites (tertiary alicyclic amines) is 1. The van der Waals surface area contributed by atoms with Gasteiger partial charge in [-0.2, -0.15) is 0 Å². The second kappa shape index (κ2) is 5.99. The van der Waals surface area contributed by atoms with Crippen LogP contribution in [-0.4, -0.2) is 53.3 Å². The summed E-state index contributed by atoms with van der Waals surface area (Å²) in [6.07, 6.45) is 3.41. The first-order valence-corrected chi connectivity index (χ1v) is 7.31. The van der Waals surface area contributed by atoms with E-state index in [1.54, 1.807) is 4.90 Å². The highest BCUT2D eigenvalue weighted by Gasteiger charge is 2.32. The van der Waals surface area contributed by atoms with Gasteiger partial charge in [0.25, 0.3) is 0 Å². The zero-order valence-corrected chi connectivity index (χ0v) is 12.2. The predicted octanol–water partition coefficient (Wildman–Crippen LogP) is 1.45. The summed E-state index contributed by atoms with van der Waals surface area (Å²) in [5.41, 5.74) is -0.102. The number of aliphatic carboxylic acids is 1. The van der Waals surface area contributed by atoms with Crippen molar-refractivity contribution in [3.8, 4) is 0 Å². The van der Waals surface area contributed by atoms with Crippen LogP contribution in [0.15, 0.2) is 0 Å².